The topological polar surface area (TPSA) is 29.4 Å². The van der Waals surface area contributed by atoms with Gasteiger partial charge in [-0.15, -0.1) is 11.3 Å². The molecule has 0 atom stereocenters. The largest absolute Gasteiger partial charge is 0.240 e. The molecule has 2 rings (SSSR count). The van der Waals surface area contributed by atoms with Crippen molar-refractivity contribution >= 4 is 23.1 Å². The lowest BCUT2D eigenvalue weighted by Gasteiger charge is -2.01. The normalized spacial score (nSPS) is 9.60. The van der Waals surface area contributed by atoms with Gasteiger partial charge in [0.25, 0.3) is 0 Å². The lowest BCUT2D eigenvalue weighted by Crippen LogP contribution is -1.84. The minimum atomic E-state index is 0.709. The van der Waals surface area contributed by atoms with Crippen LogP contribution in [-0.2, 0) is 11.2 Å². The summed E-state index contributed by atoms with van der Waals surface area (Å²) in [6, 6.07) is 11.7. The van der Waals surface area contributed by atoms with Crippen molar-refractivity contribution in [3.63, 3.8) is 0 Å². The Bertz CT molecular complexity index is 484. The SMILES string of the molecule is O=C=Nc1ccccc1Cc1cccs1. The number of benzene rings is 1. The van der Waals surface area contributed by atoms with Crippen LogP contribution in [0.1, 0.15) is 10.4 Å². The molecule has 1 aromatic heterocycles. The van der Waals surface area contributed by atoms with E-state index in [0.717, 1.165) is 12.0 Å². The Labute approximate surface area is 91.9 Å². The van der Waals surface area contributed by atoms with Gasteiger partial charge in [0.2, 0.25) is 6.08 Å². The second-order valence-electron chi connectivity index (χ2n) is 3.09. The van der Waals surface area contributed by atoms with E-state index in [1.807, 2.05) is 35.7 Å². The highest BCUT2D eigenvalue weighted by Crippen LogP contribution is 2.23. The number of aliphatic imine (C=N–C) groups is 1. The Morgan fingerprint density at radius 1 is 1.20 bits per heavy atom. The molecule has 15 heavy (non-hydrogen) atoms. The van der Waals surface area contributed by atoms with Gasteiger partial charge in [-0.1, -0.05) is 24.3 Å². The molecule has 0 bridgehead atoms. The van der Waals surface area contributed by atoms with Crippen LogP contribution in [0.15, 0.2) is 46.8 Å². The molecule has 2 nitrogen and oxygen atoms in total. The second kappa shape index (κ2) is 4.69. The molecule has 0 unspecified atom stereocenters. The van der Waals surface area contributed by atoms with Crippen LogP contribution >= 0.6 is 11.3 Å². The summed E-state index contributed by atoms with van der Waals surface area (Å²) < 4.78 is 0. The maximum atomic E-state index is 10.2. The molecule has 3 heteroatoms. The molecule has 0 aliphatic carbocycles. The lowest BCUT2D eigenvalue weighted by molar-refractivity contribution is 0.565. The molecular weight excluding hydrogens is 206 g/mol. The van der Waals surface area contributed by atoms with Crippen LogP contribution in [0.25, 0.3) is 0 Å². The van der Waals surface area contributed by atoms with E-state index in [1.165, 1.54) is 4.88 Å². The van der Waals surface area contributed by atoms with E-state index in [0.29, 0.717) is 5.69 Å². The fourth-order valence-electron chi connectivity index (χ4n) is 1.42. The van der Waals surface area contributed by atoms with Crippen LogP contribution < -0.4 is 0 Å². The number of rotatable bonds is 3. The number of carbonyl (C=O) groups excluding carboxylic acids is 1. The zero-order valence-electron chi connectivity index (χ0n) is 8.01. The standard InChI is InChI=1S/C12H9NOS/c14-9-13-12-6-2-1-4-10(12)8-11-5-3-7-15-11/h1-7H,8H2. The van der Waals surface area contributed by atoms with E-state index < -0.39 is 0 Å². The molecule has 0 fully saturated rings. The van der Waals surface area contributed by atoms with E-state index in [9.17, 15) is 4.79 Å². The van der Waals surface area contributed by atoms with Gasteiger partial charge in [-0.3, -0.25) is 0 Å². The van der Waals surface area contributed by atoms with E-state index in [-0.39, 0.29) is 0 Å². The third kappa shape index (κ3) is 2.40. The summed E-state index contributed by atoms with van der Waals surface area (Å²) in [4.78, 5) is 15.2. The molecule has 1 heterocycles. The van der Waals surface area contributed by atoms with Gasteiger partial charge in [0.15, 0.2) is 0 Å². The van der Waals surface area contributed by atoms with Gasteiger partial charge < -0.3 is 0 Å². The summed E-state index contributed by atoms with van der Waals surface area (Å²) in [5.41, 5.74) is 1.77. The maximum Gasteiger partial charge on any atom is 0.240 e. The predicted octanol–water partition coefficient (Wildman–Crippen LogP) is 3.31. The van der Waals surface area contributed by atoms with Crippen molar-refractivity contribution < 1.29 is 4.79 Å². The molecule has 0 saturated heterocycles. The van der Waals surface area contributed by atoms with Gasteiger partial charge >= 0.3 is 0 Å². The molecule has 2 aromatic rings. The first kappa shape index (κ1) is 9.84. The molecule has 0 radical (unpaired) electrons. The average Bonchev–Trinajstić information content (AvgIpc) is 2.74. The number of nitrogens with zero attached hydrogens (tertiary/aromatic N) is 1. The Morgan fingerprint density at radius 3 is 2.80 bits per heavy atom. The number of isocyanates is 1. The maximum absolute atomic E-state index is 10.2. The third-order valence-corrected chi connectivity index (χ3v) is 2.98. The highest BCUT2D eigenvalue weighted by molar-refractivity contribution is 7.09. The van der Waals surface area contributed by atoms with Gasteiger partial charge in [0, 0.05) is 11.3 Å². The highest BCUT2D eigenvalue weighted by atomic mass is 32.1. The first-order valence-electron chi connectivity index (χ1n) is 4.58. The fraction of sp³-hybridized carbons (Fsp3) is 0.0833. The van der Waals surface area contributed by atoms with E-state index in [2.05, 4.69) is 11.1 Å². The molecule has 0 N–H and O–H groups in total. The van der Waals surface area contributed by atoms with Crippen LogP contribution in [0.2, 0.25) is 0 Å². The Balaban J connectivity index is 2.31. The summed E-state index contributed by atoms with van der Waals surface area (Å²) in [6.07, 6.45) is 2.40. The summed E-state index contributed by atoms with van der Waals surface area (Å²) in [6.45, 7) is 0. The van der Waals surface area contributed by atoms with Crippen LogP contribution in [0.3, 0.4) is 0 Å². The predicted molar refractivity (Wildman–Crippen MR) is 61.3 cm³/mol. The smallest absolute Gasteiger partial charge is 0.211 e. The quantitative estimate of drug-likeness (QED) is 0.570. The van der Waals surface area contributed by atoms with Crippen LogP contribution in [-0.4, -0.2) is 6.08 Å². The van der Waals surface area contributed by atoms with Crippen molar-refractivity contribution in [2.24, 2.45) is 4.99 Å². The summed E-state index contributed by atoms with van der Waals surface area (Å²) in [7, 11) is 0. The van der Waals surface area contributed by atoms with Crippen LogP contribution in [0.4, 0.5) is 5.69 Å². The summed E-state index contributed by atoms with van der Waals surface area (Å²) >= 11 is 1.70. The summed E-state index contributed by atoms with van der Waals surface area (Å²) in [5, 5.41) is 2.04. The van der Waals surface area contributed by atoms with Gasteiger partial charge in [-0.25, -0.2) is 4.79 Å². The zero-order valence-corrected chi connectivity index (χ0v) is 8.83. The highest BCUT2D eigenvalue weighted by Gasteiger charge is 2.02. The van der Waals surface area contributed by atoms with Gasteiger partial charge in [0.05, 0.1) is 5.69 Å². The van der Waals surface area contributed by atoms with E-state index in [1.54, 1.807) is 17.4 Å². The second-order valence-corrected chi connectivity index (χ2v) is 4.12. The minimum Gasteiger partial charge on any atom is -0.211 e. The van der Waals surface area contributed by atoms with Gasteiger partial charge in [-0.05, 0) is 23.1 Å². The number of hydrogen-bond acceptors (Lipinski definition) is 3. The third-order valence-electron chi connectivity index (χ3n) is 2.10. The molecule has 0 aliphatic rings. The first-order chi connectivity index (χ1) is 7.40. The fourth-order valence-corrected chi connectivity index (χ4v) is 2.15. The summed E-state index contributed by atoms with van der Waals surface area (Å²) in [5.74, 6) is 0. The van der Waals surface area contributed by atoms with Crippen molar-refractivity contribution in [3.8, 4) is 0 Å². The van der Waals surface area contributed by atoms with Crippen molar-refractivity contribution in [2.45, 2.75) is 6.42 Å². The molecule has 0 spiro atoms. The number of hydrogen-bond donors (Lipinski definition) is 0. The van der Waals surface area contributed by atoms with Gasteiger partial charge in [-0.2, -0.15) is 4.99 Å². The monoisotopic (exact) mass is 215 g/mol. The minimum absolute atomic E-state index is 0.709. The zero-order chi connectivity index (χ0) is 10.5. The van der Waals surface area contributed by atoms with Crippen molar-refractivity contribution in [2.75, 3.05) is 0 Å². The number of para-hydroxylation sites is 1. The number of thiophene rings is 1. The Kier molecular flexibility index (Phi) is 3.08. The Morgan fingerprint density at radius 2 is 2.07 bits per heavy atom. The molecule has 74 valence electrons. The Hall–Kier alpha value is -1.70. The van der Waals surface area contributed by atoms with Crippen molar-refractivity contribution in [1.82, 2.24) is 0 Å². The molecular formula is C12H9NOS. The molecule has 0 saturated carbocycles. The van der Waals surface area contributed by atoms with Crippen molar-refractivity contribution in [3.05, 3.63) is 52.2 Å². The van der Waals surface area contributed by atoms with Crippen LogP contribution in [0.5, 0.6) is 0 Å². The van der Waals surface area contributed by atoms with Gasteiger partial charge in [0.1, 0.15) is 0 Å². The molecule has 0 amide bonds. The molecule has 0 aliphatic heterocycles. The van der Waals surface area contributed by atoms with Crippen molar-refractivity contribution in [1.29, 1.82) is 0 Å². The van der Waals surface area contributed by atoms with Crippen LogP contribution in [0, 0.1) is 0 Å². The van der Waals surface area contributed by atoms with E-state index in [4.69, 9.17) is 0 Å². The average molecular weight is 215 g/mol. The van der Waals surface area contributed by atoms with E-state index >= 15 is 0 Å². The lowest BCUT2D eigenvalue weighted by atomic mass is 10.1. The first-order valence-corrected chi connectivity index (χ1v) is 5.46. The molecule has 1 aromatic carbocycles.